The molecule has 0 radical (unpaired) electrons. The highest BCUT2D eigenvalue weighted by molar-refractivity contribution is 7.07. The predicted molar refractivity (Wildman–Crippen MR) is 130 cm³/mol. The lowest BCUT2D eigenvalue weighted by molar-refractivity contribution is -0.136. The van der Waals surface area contributed by atoms with Gasteiger partial charge in [0, 0.05) is 13.1 Å². The van der Waals surface area contributed by atoms with Crippen LogP contribution in [0.3, 0.4) is 0 Å². The minimum Gasteiger partial charge on any atom is -0.465 e. The molecule has 1 saturated heterocycles. The van der Waals surface area contributed by atoms with Gasteiger partial charge in [-0.2, -0.15) is 0 Å². The molecule has 0 unspecified atom stereocenters. The molecule has 0 aliphatic carbocycles. The lowest BCUT2D eigenvalue weighted by atomic mass is 9.92. The number of piperidine rings is 1. The smallest absolute Gasteiger partial charge is 0.337 e. The second-order valence-corrected chi connectivity index (χ2v) is 9.66. The molecule has 2 heterocycles. The number of ether oxygens (including phenoxy) is 2. The molecule has 2 atom stereocenters. The first-order valence-electron chi connectivity index (χ1n) is 11.3. The predicted octanol–water partition coefficient (Wildman–Crippen LogP) is 1.37. The quantitative estimate of drug-likeness (QED) is 0.573. The van der Waals surface area contributed by atoms with Gasteiger partial charge in [-0.25, -0.2) is 9.59 Å². The van der Waals surface area contributed by atoms with Crippen molar-refractivity contribution in [2.45, 2.75) is 33.7 Å². The minimum absolute atomic E-state index is 0.144. The highest BCUT2D eigenvalue weighted by Crippen LogP contribution is 2.21. The molecule has 0 spiro atoms. The van der Waals surface area contributed by atoms with E-state index in [4.69, 9.17) is 9.47 Å². The number of esters is 2. The first-order chi connectivity index (χ1) is 16.2. The Morgan fingerprint density at radius 3 is 2.35 bits per heavy atom. The third-order valence-corrected chi connectivity index (χ3v) is 6.67. The maximum Gasteiger partial charge on any atom is 0.337 e. The molecule has 0 bridgehead atoms. The number of carbonyl (C=O) groups is 3. The molecule has 0 N–H and O–H groups in total. The van der Waals surface area contributed by atoms with Crippen molar-refractivity contribution in [3.05, 3.63) is 54.9 Å². The van der Waals surface area contributed by atoms with Crippen LogP contribution in [0.5, 0.6) is 0 Å². The molecule has 1 aliphatic heterocycles. The topological polar surface area (TPSA) is 94.9 Å². The number of amides is 1. The fourth-order valence-electron chi connectivity index (χ4n) is 4.16. The zero-order valence-electron chi connectivity index (χ0n) is 19.9. The Kier molecular flexibility index (Phi) is 8.44. The Bertz CT molecular complexity index is 1220. The molecule has 1 amide bonds. The molecule has 2 aromatic rings. The standard InChI is InChI=1S/C25H30N2O6S/c1-5-33-23(29)12-22-27(15-21(28)26-13-16(2)10-17(3)14-26)24(30)20(34-22)11-18-6-8-19(9-7-18)25(31)32-4/h6-9,11-12,16-17H,5,10,13-15H2,1-4H3/b20-11-,22-12-/t16-,17-/m0/s1. The molecule has 1 aromatic carbocycles. The molecule has 182 valence electrons. The van der Waals surface area contributed by atoms with E-state index in [2.05, 4.69) is 13.8 Å². The molecule has 1 fully saturated rings. The van der Waals surface area contributed by atoms with Crippen LogP contribution in [-0.2, 0) is 25.6 Å². The summed E-state index contributed by atoms with van der Waals surface area (Å²) >= 11 is 1.12. The van der Waals surface area contributed by atoms with Crippen LogP contribution < -0.4 is 14.8 Å². The molecule has 3 rings (SSSR count). The number of likely N-dealkylation sites (tertiary alicyclic amines) is 1. The van der Waals surface area contributed by atoms with Gasteiger partial charge in [-0.05, 0) is 49.0 Å². The Hall–Kier alpha value is -3.20. The van der Waals surface area contributed by atoms with Crippen LogP contribution in [0.15, 0.2) is 29.1 Å². The molecule has 9 heteroatoms. The van der Waals surface area contributed by atoms with Gasteiger partial charge in [0.2, 0.25) is 5.91 Å². The summed E-state index contributed by atoms with van der Waals surface area (Å²) in [4.78, 5) is 51.8. The van der Waals surface area contributed by atoms with Crippen molar-refractivity contribution in [3.63, 3.8) is 0 Å². The summed E-state index contributed by atoms with van der Waals surface area (Å²) in [6, 6.07) is 6.62. The van der Waals surface area contributed by atoms with Crippen LogP contribution >= 0.6 is 11.3 Å². The number of hydrogen-bond donors (Lipinski definition) is 0. The van der Waals surface area contributed by atoms with Gasteiger partial charge in [-0.1, -0.05) is 26.0 Å². The van der Waals surface area contributed by atoms with Gasteiger partial charge in [0.15, 0.2) is 0 Å². The van der Waals surface area contributed by atoms with Gasteiger partial charge in [0.25, 0.3) is 5.56 Å². The number of benzene rings is 1. The van der Waals surface area contributed by atoms with Crippen molar-refractivity contribution < 1.29 is 23.9 Å². The molecule has 0 saturated carbocycles. The largest absolute Gasteiger partial charge is 0.465 e. The van der Waals surface area contributed by atoms with Crippen LogP contribution in [0.4, 0.5) is 0 Å². The number of nitrogens with zero attached hydrogens (tertiary/aromatic N) is 2. The SMILES string of the molecule is CCOC(=O)/C=c1\s/c(=C\c2ccc(C(=O)OC)cc2)c(=O)n1CC(=O)N1C[C@@H](C)C[C@H](C)C1. The van der Waals surface area contributed by atoms with E-state index in [1.165, 1.54) is 17.8 Å². The van der Waals surface area contributed by atoms with Crippen LogP contribution in [0, 0.1) is 11.8 Å². The first-order valence-corrected chi connectivity index (χ1v) is 12.1. The Balaban J connectivity index is 1.99. The van der Waals surface area contributed by atoms with Gasteiger partial charge < -0.3 is 14.4 Å². The van der Waals surface area contributed by atoms with Crippen LogP contribution in [0.1, 0.15) is 43.1 Å². The lowest BCUT2D eigenvalue weighted by Crippen LogP contribution is -2.46. The normalized spacial score (nSPS) is 19.2. The summed E-state index contributed by atoms with van der Waals surface area (Å²) < 4.78 is 11.8. The average molecular weight is 487 g/mol. The van der Waals surface area contributed by atoms with Crippen molar-refractivity contribution in [1.29, 1.82) is 0 Å². The number of aromatic nitrogens is 1. The van der Waals surface area contributed by atoms with Crippen molar-refractivity contribution in [2.75, 3.05) is 26.8 Å². The second-order valence-electron chi connectivity index (χ2n) is 8.59. The van der Waals surface area contributed by atoms with Crippen molar-refractivity contribution in [1.82, 2.24) is 9.47 Å². The van der Waals surface area contributed by atoms with Crippen LogP contribution in [0.25, 0.3) is 12.2 Å². The van der Waals surface area contributed by atoms with Crippen molar-refractivity contribution in [2.24, 2.45) is 11.8 Å². The van der Waals surface area contributed by atoms with E-state index >= 15 is 0 Å². The van der Waals surface area contributed by atoms with E-state index in [9.17, 15) is 19.2 Å². The molecule has 34 heavy (non-hydrogen) atoms. The van der Waals surface area contributed by atoms with E-state index in [1.807, 2.05) is 0 Å². The average Bonchev–Trinajstić information content (AvgIpc) is 3.07. The summed E-state index contributed by atoms with van der Waals surface area (Å²) in [5.74, 6) is -0.371. The first kappa shape index (κ1) is 25.4. The molecular weight excluding hydrogens is 456 g/mol. The number of methoxy groups -OCH3 is 1. The summed E-state index contributed by atoms with van der Waals surface area (Å²) in [6.07, 6.45) is 3.99. The van der Waals surface area contributed by atoms with Crippen LogP contribution in [0.2, 0.25) is 0 Å². The van der Waals surface area contributed by atoms with E-state index in [0.29, 0.717) is 45.2 Å². The lowest BCUT2D eigenvalue weighted by Gasteiger charge is -2.35. The number of rotatable bonds is 6. The van der Waals surface area contributed by atoms with Crippen molar-refractivity contribution in [3.8, 4) is 0 Å². The summed E-state index contributed by atoms with van der Waals surface area (Å²) in [6.45, 7) is 7.31. The Morgan fingerprint density at radius 1 is 1.12 bits per heavy atom. The number of carbonyl (C=O) groups excluding carboxylic acids is 3. The van der Waals surface area contributed by atoms with E-state index in [-0.39, 0.29) is 24.6 Å². The Labute approximate surface area is 202 Å². The van der Waals surface area contributed by atoms with Gasteiger partial charge in [-0.3, -0.25) is 14.2 Å². The van der Waals surface area contributed by atoms with Gasteiger partial charge in [0.05, 0.1) is 29.9 Å². The fourth-order valence-corrected chi connectivity index (χ4v) is 5.19. The fraction of sp³-hybridized carbons (Fsp3) is 0.440. The van der Waals surface area contributed by atoms with Gasteiger partial charge in [0.1, 0.15) is 11.2 Å². The summed E-state index contributed by atoms with van der Waals surface area (Å²) in [5, 5.41) is 0. The highest BCUT2D eigenvalue weighted by atomic mass is 32.1. The van der Waals surface area contributed by atoms with E-state index in [0.717, 1.165) is 17.8 Å². The highest BCUT2D eigenvalue weighted by Gasteiger charge is 2.26. The molecule has 1 aliphatic rings. The second kappa shape index (κ2) is 11.3. The maximum absolute atomic E-state index is 13.2. The van der Waals surface area contributed by atoms with Gasteiger partial charge in [-0.15, -0.1) is 11.3 Å². The monoisotopic (exact) mass is 486 g/mol. The third-order valence-electron chi connectivity index (χ3n) is 5.61. The summed E-state index contributed by atoms with van der Waals surface area (Å²) in [7, 11) is 1.31. The Morgan fingerprint density at radius 2 is 1.76 bits per heavy atom. The number of thiazole rings is 1. The van der Waals surface area contributed by atoms with Crippen molar-refractivity contribution >= 4 is 41.3 Å². The molecule has 1 aromatic heterocycles. The number of hydrogen-bond acceptors (Lipinski definition) is 7. The molecular formula is C25H30N2O6S. The van der Waals surface area contributed by atoms with E-state index in [1.54, 1.807) is 42.2 Å². The van der Waals surface area contributed by atoms with Crippen LogP contribution in [-0.4, -0.2) is 54.1 Å². The minimum atomic E-state index is -0.570. The zero-order valence-corrected chi connectivity index (χ0v) is 20.7. The summed E-state index contributed by atoms with van der Waals surface area (Å²) in [5.41, 5.74) is 0.741. The third kappa shape index (κ3) is 6.22. The van der Waals surface area contributed by atoms with Gasteiger partial charge >= 0.3 is 11.9 Å². The maximum atomic E-state index is 13.2. The molecule has 8 nitrogen and oxygen atoms in total. The zero-order chi connectivity index (χ0) is 24.8. The van der Waals surface area contributed by atoms with E-state index < -0.39 is 11.9 Å².